The SMILES string of the molecule is Cc1c(C(=O)NC(C)c2ccccc2F)cccc1[N+](=O)[O-]. The van der Waals surface area contributed by atoms with Gasteiger partial charge in [0.25, 0.3) is 11.6 Å². The molecular weight excluding hydrogens is 287 g/mol. The van der Waals surface area contributed by atoms with E-state index in [1.54, 1.807) is 25.1 Å². The number of nitrogens with one attached hydrogen (secondary N) is 1. The summed E-state index contributed by atoms with van der Waals surface area (Å²) in [5.41, 5.74) is 0.730. The maximum absolute atomic E-state index is 13.7. The Kier molecular flexibility index (Phi) is 4.50. The molecule has 5 nitrogen and oxygen atoms in total. The van der Waals surface area contributed by atoms with Gasteiger partial charge in [0.15, 0.2) is 0 Å². The molecule has 0 heterocycles. The highest BCUT2D eigenvalue weighted by atomic mass is 19.1. The van der Waals surface area contributed by atoms with E-state index < -0.39 is 22.7 Å². The molecule has 0 aliphatic rings. The lowest BCUT2D eigenvalue weighted by molar-refractivity contribution is -0.385. The van der Waals surface area contributed by atoms with Gasteiger partial charge in [0, 0.05) is 22.8 Å². The highest BCUT2D eigenvalue weighted by molar-refractivity contribution is 5.96. The number of nitrogens with zero attached hydrogens (tertiary/aromatic N) is 1. The molecule has 0 saturated carbocycles. The van der Waals surface area contributed by atoms with Gasteiger partial charge >= 0.3 is 0 Å². The van der Waals surface area contributed by atoms with Crippen molar-refractivity contribution in [2.45, 2.75) is 19.9 Å². The Hall–Kier alpha value is -2.76. The van der Waals surface area contributed by atoms with Crippen molar-refractivity contribution in [3.05, 3.63) is 75.1 Å². The largest absolute Gasteiger partial charge is 0.345 e. The second kappa shape index (κ2) is 6.34. The van der Waals surface area contributed by atoms with Crippen LogP contribution in [-0.2, 0) is 0 Å². The van der Waals surface area contributed by atoms with Gasteiger partial charge in [-0.2, -0.15) is 0 Å². The van der Waals surface area contributed by atoms with Crippen molar-refractivity contribution in [3.63, 3.8) is 0 Å². The molecule has 114 valence electrons. The molecule has 0 aliphatic carbocycles. The van der Waals surface area contributed by atoms with E-state index in [0.29, 0.717) is 5.56 Å². The first-order chi connectivity index (χ1) is 10.4. The fourth-order valence-corrected chi connectivity index (χ4v) is 2.25. The maximum Gasteiger partial charge on any atom is 0.273 e. The fourth-order valence-electron chi connectivity index (χ4n) is 2.25. The van der Waals surface area contributed by atoms with Crippen LogP contribution in [0.5, 0.6) is 0 Å². The van der Waals surface area contributed by atoms with E-state index in [4.69, 9.17) is 0 Å². The molecule has 1 amide bonds. The van der Waals surface area contributed by atoms with Crippen molar-refractivity contribution < 1.29 is 14.1 Å². The molecule has 1 atom stereocenters. The number of halogens is 1. The van der Waals surface area contributed by atoms with Gasteiger partial charge in [0.05, 0.1) is 11.0 Å². The minimum Gasteiger partial charge on any atom is -0.345 e. The van der Waals surface area contributed by atoms with E-state index in [0.717, 1.165) is 0 Å². The third-order valence-electron chi connectivity index (χ3n) is 3.47. The van der Waals surface area contributed by atoms with Gasteiger partial charge in [-0.15, -0.1) is 0 Å². The van der Waals surface area contributed by atoms with Gasteiger partial charge in [0.2, 0.25) is 0 Å². The zero-order valence-electron chi connectivity index (χ0n) is 12.2. The average molecular weight is 302 g/mol. The molecule has 22 heavy (non-hydrogen) atoms. The number of hydrogen-bond donors (Lipinski definition) is 1. The van der Waals surface area contributed by atoms with Crippen LogP contribution in [0.1, 0.15) is 34.5 Å². The first-order valence-corrected chi connectivity index (χ1v) is 6.71. The standard InChI is InChI=1S/C16H15FN2O3/c1-10-12(7-5-9-15(10)19(21)22)16(20)18-11(2)13-6-3-4-8-14(13)17/h3-9,11H,1-2H3,(H,18,20). The Morgan fingerprint density at radius 3 is 2.55 bits per heavy atom. The van der Waals surface area contributed by atoms with Gasteiger partial charge in [-0.1, -0.05) is 24.3 Å². The first kappa shape index (κ1) is 15.6. The Labute approximate surface area is 126 Å². The van der Waals surface area contributed by atoms with Crippen LogP contribution in [0.4, 0.5) is 10.1 Å². The van der Waals surface area contributed by atoms with Crippen LogP contribution in [0.15, 0.2) is 42.5 Å². The number of carbonyl (C=O) groups excluding carboxylic acids is 1. The maximum atomic E-state index is 13.7. The van der Waals surface area contributed by atoms with Crippen LogP contribution >= 0.6 is 0 Å². The van der Waals surface area contributed by atoms with Crippen LogP contribution < -0.4 is 5.32 Å². The monoisotopic (exact) mass is 302 g/mol. The number of carbonyl (C=O) groups is 1. The summed E-state index contributed by atoms with van der Waals surface area (Å²) >= 11 is 0. The van der Waals surface area contributed by atoms with Crippen molar-refractivity contribution in [1.29, 1.82) is 0 Å². The molecular formula is C16H15FN2O3. The van der Waals surface area contributed by atoms with Crippen LogP contribution in [-0.4, -0.2) is 10.8 Å². The summed E-state index contributed by atoms with van der Waals surface area (Å²) in [6, 6.07) is 9.90. The highest BCUT2D eigenvalue weighted by Gasteiger charge is 2.20. The molecule has 6 heteroatoms. The Morgan fingerprint density at radius 1 is 1.23 bits per heavy atom. The highest BCUT2D eigenvalue weighted by Crippen LogP contribution is 2.22. The second-order valence-corrected chi connectivity index (χ2v) is 4.92. The first-order valence-electron chi connectivity index (χ1n) is 6.71. The van der Waals surface area contributed by atoms with E-state index in [-0.39, 0.29) is 16.8 Å². The predicted octanol–water partition coefficient (Wildman–Crippen LogP) is 3.53. The lowest BCUT2D eigenvalue weighted by atomic mass is 10.0. The summed E-state index contributed by atoms with van der Waals surface area (Å²) in [7, 11) is 0. The number of nitro benzene ring substituents is 1. The van der Waals surface area contributed by atoms with Gasteiger partial charge in [-0.05, 0) is 26.0 Å². The van der Waals surface area contributed by atoms with E-state index in [1.807, 2.05) is 0 Å². The lowest BCUT2D eigenvalue weighted by Crippen LogP contribution is -2.28. The second-order valence-electron chi connectivity index (χ2n) is 4.92. The number of benzene rings is 2. The molecule has 0 saturated heterocycles. The van der Waals surface area contributed by atoms with Crippen molar-refractivity contribution in [1.82, 2.24) is 5.32 Å². The summed E-state index contributed by atoms with van der Waals surface area (Å²) in [5.74, 6) is -0.886. The van der Waals surface area contributed by atoms with Crippen molar-refractivity contribution in [2.24, 2.45) is 0 Å². The quantitative estimate of drug-likeness (QED) is 0.693. The third kappa shape index (κ3) is 3.11. The molecule has 2 rings (SSSR count). The summed E-state index contributed by atoms with van der Waals surface area (Å²) in [6.45, 7) is 3.17. The van der Waals surface area contributed by atoms with Crippen LogP contribution in [0.2, 0.25) is 0 Å². The molecule has 1 N–H and O–H groups in total. The number of amides is 1. The van der Waals surface area contributed by atoms with Crippen LogP contribution in [0, 0.1) is 22.9 Å². The number of hydrogen-bond acceptors (Lipinski definition) is 3. The Balaban J connectivity index is 2.25. The molecule has 0 spiro atoms. The minimum absolute atomic E-state index is 0.119. The van der Waals surface area contributed by atoms with Crippen molar-refractivity contribution in [3.8, 4) is 0 Å². The van der Waals surface area contributed by atoms with E-state index >= 15 is 0 Å². The summed E-state index contributed by atoms with van der Waals surface area (Å²) in [5, 5.41) is 13.6. The van der Waals surface area contributed by atoms with Crippen molar-refractivity contribution in [2.75, 3.05) is 0 Å². The van der Waals surface area contributed by atoms with Gasteiger partial charge in [-0.25, -0.2) is 4.39 Å². The van der Waals surface area contributed by atoms with Crippen LogP contribution in [0.3, 0.4) is 0 Å². The van der Waals surface area contributed by atoms with E-state index in [2.05, 4.69) is 5.32 Å². The van der Waals surface area contributed by atoms with Crippen LogP contribution in [0.25, 0.3) is 0 Å². The summed E-state index contributed by atoms with van der Waals surface area (Å²) in [4.78, 5) is 22.7. The Morgan fingerprint density at radius 2 is 1.91 bits per heavy atom. The minimum atomic E-state index is -0.549. The molecule has 1 unspecified atom stereocenters. The molecule has 2 aromatic carbocycles. The van der Waals surface area contributed by atoms with E-state index in [9.17, 15) is 19.3 Å². The third-order valence-corrected chi connectivity index (χ3v) is 3.47. The van der Waals surface area contributed by atoms with E-state index in [1.165, 1.54) is 31.2 Å². The summed E-state index contributed by atoms with van der Waals surface area (Å²) < 4.78 is 13.7. The zero-order valence-corrected chi connectivity index (χ0v) is 12.2. The van der Waals surface area contributed by atoms with Crippen molar-refractivity contribution >= 4 is 11.6 Å². The lowest BCUT2D eigenvalue weighted by Gasteiger charge is -2.16. The number of nitro groups is 1. The topological polar surface area (TPSA) is 72.2 Å². The predicted molar refractivity (Wildman–Crippen MR) is 80.1 cm³/mol. The summed E-state index contributed by atoms with van der Waals surface area (Å²) in [6.07, 6.45) is 0. The molecule has 0 fully saturated rings. The molecule has 0 aromatic heterocycles. The molecule has 0 radical (unpaired) electrons. The number of rotatable bonds is 4. The average Bonchev–Trinajstić information content (AvgIpc) is 2.47. The normalized spacial score (nSPS) is 11.8. The fraction of sp³-hybridized carbons (Fsp3) is 0.188. The molecule has 0 bridgehead atoms. The van der Waals surface area contributed by atoms with Gasteiger partial charge in [-0.3, -0.25) is 14.9 Å². The molecule has 2 aromatic rings. The Bertz CT molecular complexity index is 731. The smallest absolute Gasteiger partial charge is 0.273 e. The molecule has 0 aliphatic heterocycles. The van der Waals surface area contributed by atoms with Gasteiger partial charge in [0.1, 0.15) is 5.82 Å². The van der Waals surface area contributed by atoms with Gasteiger partial charge < -0.3 is 5.32 Å². The zero-order chi connectivity index (χ0) is 16.3.